The summed E-state index contributed by atoms with van der Waals surface area (Å²) < 4.78 is 5.27. The Morgan fingerprint density at radius 3 is 2.84 bits per heavy atom. The Hall–Kier alpha value is -1.14. The van der Waals surface area contributed by atoms with E-state index in [1.54, 1.807) is 6.92 Å². The lowest BCUT2D eigenvalue weighted by molar-refractivity contribution is -0.153. The van der Waals surface area contributed by atoms with Gasteiger partial charge in [0.25, 0.3) is 5.91 Å². The minimum absolute atomic E-state index is 0.290. The topological polar surface area (TPSA) is 55.4 Å². The molecule has 1 fully saturated rings. The highest BCUT2D eigenvalue weighted by Gasteiger charge is 2.19. The van der Waals surface area contributed by atoms with E-state index in [2.05, 4.69) is 5.32 Å². The number of rotatable bonds is 8. The van der Waals surface area contributed by atoms with Crippen molar-refractivity contribution in [3.05, 3.63) is 29.3 Å². The SMILES string of the molecule is Cc1ccc(C)c(NC(=O)[C@H](C)OC(=O)CCCC[C@@H]2CCSS2)c1. The van der Waals surface area contributed by atoms with Gasteiger partial charge < -0.3 is 10.1 Å². The van der Waals surface area contributed by atoms with Gasteiger partial charge in [-0.25, -0.2) is 0 Å². The number of nitrogens with one attached hydrogen (secondary N) is 1. The molecule has 0 spiro atoms. The maximum atomic E-state index is 12.2. The summed E-state index contributed by atoms with van der Waals surface area (Å²) in [6, 6.07) is 5.88. The molecule has 1 aliphatic rings. The van der Waals surface area contributed by atoms with Gasteiger partial charge in [-0.3, -0.25) is 9.59 Å². The van der Waals surface area contributed by atoms with Crippen molar-refractivity contribution in [1.82, 2.24) is 0 Å². The number of hydrogen-bond acceptors (Lipinski definition) is 5. The van der Waals surface area contributed by atoms with Crippen molar-refractivity contribution in [2.24, 2.45) is 0 Å². The number of unbranched alkanes of at least 4 members (excludes halogenated alkanes) is 1. The second-order valence-electron chi connectivity index (χ2n) is 6.51. The third-order valence-corrected chi connectivity index (χ3v) is 7.22. The summed E-state index contributed by atoms with van der Waals surface area (Å²) >= 11 is 0. The van der Waals surface area contributed by atoms with Crippen LogP contribution in [0.4, 0.5) is 5.69 Å². The molecule has 1 aromatic rings. The second kappa shape index (κ2) is 10.1. The quantitative estimate of drug-likeness (QED) is 0.395. The van der Waals surface area contributed by atoms with E-state index in [0.717, 1.165) is 41.3 Å². The van der Waals surface area contributed by atoms with Gasteiger partial charge in [-0.1, -0.05) is 40.1 Å². The molecular formula is C19H27NO3S2. The van der Waals surface area contributed by atoms with Gasteiger partial charge in [-0.15, -0.1) is 0 Å². The first kappa shape index (κ1) is 20.2. The van der Waals surface area contributed by atoms with Crippen molar-refractivity contribution < 1.29 is 14.3 Å². The molecule has 0 aliphatic carbocycles. The molecule has 1 amide bonds. The highest BCUT2D eigenvalue weighted by Crippen LogP contribution is 2.39. The average Bonchev–Trinajstić information content (AvgIpc) is 3.08. The molecule has 2 atom stereocenters. The number of benzene rings is 1. The number of aryl methyl sites for hydroxylation is 2. The predicted octanol–water partition coefficient (Wildman–Crippen LogP) is 4.89. The smallest absolute Gasteiger partial charge is 0.306 e. The lowest BCUT2D eigenvalue weighted by Crippen LogP contribution is -2.30. The van der Waals surface area contributed by atoms with Gasteiger partial charge in [-0.05, 0) is 57.2 Å². The number of carbonyl (C=O) groups excluding carboxylic acids is 2. The van der Waals surface area contributed by atoms with E-state index >= 15 is 0 Å². The van der Waals surface area contributed by atoms with E-state index in [1.165, 1.54) is 12.2 Å². The Morgan fingerprint density at radius 1 is 1.32 bits per heavy atom. The van der Waals surface area contributed by atoms with E-state index in [-0.39, 0.29) is 11.9 Å². The van der Waals surface area contributed by atoms with Crippen LogP contribution in [-0.2, 0) is 14.3 Å². The first-order chi connectivity index (χ1) is 12.0. The summed E-state index contributed by atoms with van der Waals surface area (Å²) in [4.78, 5) is 24.1. The third kappa shape index (κ3) is 6.94. The number of ether oxygens (including phenoxy) is 1. The second-order valence-corrected chi connectivity index (χ2v) is 9.30. The zero-order valence-electron chi connectivity index (χ0n) is 15.2. The fourth-order valence-corrected chi connectivity index (χ4v) is 5.65. The van der Waals surface area contributed by atoms with Crippen molar-refractivity contribution >= 4 is 39.2 Å². The molecule has 138 valence electrons. The van der Waals surface area contributed by atoms with E-state index in [1.807, 2.05) is 53.6 Å². The molecule has 0 bridgehead atoms. The minimum Gasteiger partial charge on any atom is -0.453 e. The molecule has 0 aromatic heterocycles. The molecule has 1 aliphatic heterocycles. The Kier molecular flexibility index (Phi) is 8.16. The number of anilines is 1. The molecule has 0 radical (unpaired) electrons. The summed E-state index contributed by atoms with van der Waals surface area (Å²) in [7, 11) is 3.91. The van der Waals surface area contributed by atoms with Crippen molar-refractivity contribution in [2.75, 3.05) is 11.1 Å². The third-order valence-electron chi connectivity index (χ3n) is 4.21. The van der Waals surface area contributed by atoms with Gasteiger partial charge in [-0.2, -0.15) is 0 Å². The van der Waals surface area contributed by atoms with Crippen LogP contribution in [0.15, 0.2) is 18.2 Å². The fraction of sp³-hybridized carbons (Fsp3) is 0.579. The lowest BCUT2D eigenvalue weighted by atomic mass is 10.1. The molecule has 1 saturated heterocycles. The fourth-order valence-electron chi connectivity index (χ4n) is 2.62. The van der Waals surface area contributed by atoms with Crippen molar-refractivity contribution in [2.45, 2.75) is 64.2 Å². The van der Waals surface area contributed by atoms with Crippen LogP contribution in [0.25, 0.3) is 0 Å². The van der Waals surface area contributed by atoms with Gasteiger partial charge in [0.2, 0.25) is 0 Å². The van der Waals surface area contributed by atoms with Gasteiger partial charge in [0.05, 0.1) is 0 Å². The van der Waals surface area contributed by atoms with Crippen LogP contribution in [0.2, 0.25) is 0 Å². The lowest BCUT2D eigenvalue weighted by Gasteiger charge is -2.15. The zero-order valence-corrected chi connectivity index (χ0v) is 16.8. The van der Waals surface area contributed by atoms with Crippen LogP contribution < -0.4 is 5.32 Å². The molecule has 25 heavy (non-hydrogen) atoms. The van der Waals surface area contributed by atoms with Crippen LogP contribution in [0.3, 0.4) is 0 Å². The van der Waals surface area contributed by atoms with Crippen molar-refractivity contribution in [3.8, 4) is 0 Å². The standard InChI is InChI=1S/C19H27NO3S2/c1-13-8-9-14(2)17(12-13)20-19(22)15(3)23-18(21)7-5-4-6-16-10-11-24-25-16/h8-9,12,15-16H,4-7,10-11H2,1-3H3,(H,20,22)/t15-,16+/m0/s1. The highest BCUT2D eigenvalue weighted by molar-refractivity contribution is 8.77. The van der Waals surface area contributed by atoms with Crippen LogP contribution in [0, 0.1) is 13.8 Å². The number of hydrogen-bond donors (Lipinski definition) is 1. The largest absolute Gasteiger partial charge is 0.453 e. The minimum atomic E-state index is -0.783. The summed E-state index contributed by atoms with van der Waals surface area (Å²) in [6.45, 7) is 5.53. The first-order valence-electron chi connectivity index (χ1n) is 8.81. The Morgan fingerprint density at radius 2 is 2.12 bits per heavy atom. The summed E-state index contributed by atoms with van der Waals surface area (Å²) in [5.41, 5.74) is 2.82. The molecular weight excluding hydrogens is 354 g/mol. The van der Waals surface area contributed by atoms with Crippen molar-refractivity contribution in [1.29, 1.82) is 0 Å². The molecule has 0 unspecified atom stereocenters. The van der Waals surface area contributed by atoms with Crippen LogP contribution in [-0.4, -0.2) is 29.0 Å². The Bertz CT molecular complexity index is 600. The highest BCUT2D eigenvalue weighted by atomic mass is 33.1. The molecule has 0 saturated carbocycles. The molecule has 1 heterocycles. The van der Waals surface area contributed by atoms with E-state index in [4.69, 9.17) is 4.74 Å². The van der Waals surface area contributed by atoms with Crippen molar-refractivity contribution in [3.63, 3.8) is 0 Å². The molecule has 2 rings (SSSR count). The molecule has 4 nitrogen and oxygen atoms in total. The van der Waals surface area contributed by atoms with E-state index in [0.29, 0.717) is 6.42 Å². The molecule has 1 aromatic carbocycles. The van der Waals surface area contributed by atoms with E-state index < -0.39 is 6.10 Å². The average molecular weight is 382 g/mol. The van der Waals surface area contributed by atoms with E-state index in [9.17, 15) is 9.59 Å². The van der Waals surface area contributed by atoms with Gasteiger partial charge in [0.15, 0.2) is 6.10 Å². The Labute approximate surface area is 158 Å². The summed E-state index contributed by atoms with van der Waals surface area (Å²) in [5, 5.41) is 3.58. The summed E-state index contributed by atoms with van der Waals surface area (Å²) in [5.74, 6) is 0.656. The predicted molar refractivity (Wildman–Crippen MR) is 107 cm³/mol. The van der Waals surface area contributed by atoms with Crippen LogP contribution >= 0.6 is 21.6 Å². The molecule has 1 N–H and O–H groups in total. The Balaban J connectivity index is 1.68. The first-order valence-corrected chi connectivity index (χ1v) is 11.2. The summed E-state index contributed by atoms with van der Waals surface area (Å²) in [6.07, 6.45) is 3.89. The number of esters is 1. The maximum Gasteiger partial charge on any atom is 0.306 e. The maximum absolute atomic E-state index is 12.2. The molecule has 6 heteroatoms. The van der Waals surface area contributed by atoms with Gasteiger partial charge in [0.1, 0.15) is 0 Å². The van der Waals surface area contributed by atoms with Crippen LogP contribution in [0.1, 0.15) is 50.2 Å². The van der Waals surface area contributed by atoms with Gasteiger partial charge >= 0.3 is 5.97 Å². The zero-order chi connectivity index (χ0) is 18.2. The van der Waals surface area contributed by atoms with Gasteiger partial charge in [0, 0.05) is 23.1 Å². The monoisotopic (exact) mass is 381 g/mol. The normalized spacial score (nSPS) is 18.0. The number of amides is 1. The number of carbonyl (C=O) groups is 2. The van der Waals surface area contributed by atoms with Crippen LogP contribution in [0.5, 0.6) is 0 Å².